The molecule has 0 bridgehead atoms. The number of Topliss-reactive ketones (excluding diaryl/α,β-unsaturated/α-hetero) is 1. The van der Waals surface area contributed by atoms with E-state index in [0.29, 0.717) is 0 Å². The molecule has 0 atom stereocenters. The summed E-state index contributed by atoms with van der Waals surface area (Å²) in [6, 6.07) is 0. The number of nitrogens with zero attached hydrogens (tertiary/aromatic N) is 2. The maximum Gasteiger partial charge on any atom is 0.217 e. The van der Waals surface area contributed by atoms with Gasteiger partial charge in [0.25, 0.3) is 0 Å². The summed E-state index contributed by atoms with van der Waals surface area (Å²) in [4.78, 5) is 11.6. The third-order valence-electron chi connectivity index (χ3n) is 2.08. The quantitative estimate of drug-likeness (QED) is 0.649. The molecular formula is C10H16N2O3. The van der Waals surface area contributed by atoms with E-state index >= 15 is 0 Å². The maximum atomic E-state index is 11.6. The van der Waals surface area contributed by atoms with Crippen LogP contribution in [0.5, 0.6) is 0 Å². The van der Waals surface area contributed by atoms with Gasteiger partial charge in [-0.2, -0.15) is 5.10 Å². The van der Waals surface area contributed by atoms with Gasteiger partial charge in [0, 0.05) is 33.4 Å². The van der Waals surface area contributed by atoms with E-state index in [2.05, 4.69) is 5.10 Å². The Labute approximate surface area is 89.0 Å². The number of carbonyl (C=O) groups excluding carboxylic acids is 1. The summed E-state index contributed by atoms with van der Waals surface area (Å²) in [6.45, 7) is 2.79. The summed E-state index contributed by atoms with van der Waals surface area (Å²) < 4.78 is 11.5. The molecular weight excluding hydrogens is 196 g/mol. The molecule has 0 fully saturated rings. The summed E-state index contributed by atoms with van der Waals surface area (Å²) in [5, 5.41) is 4.08. The Bertz CT molecular complexity index is 318. The standard InChI is InChI=1S/C10H16N2O3/c1-4-12-7-8(6-11-12)5-9(13)10(14-2)15-3/h6-7,10H,4-5H2,1-3H3. The Hall–Kier alpha value is -1.20. The van der Waals surface area contributed by atoms with Crippen molar-refractivity contribution in [1.82, 2.24) is 9.78 Å². The topological polar surface area (TPSA) is 53.4 Å². The highest BCUT2D eigenvalue weighted by molar-refractivity contribution is 5.83. The zero-order valence-electron chi connectivity index (χ0n) is 9.27. The summed E-state index contributed by atoms with van der Waals surface area (Å²) in [7, 11) is 2.89. The van der Waals surface area contributed by atoms with Crippen LogP contribution in [0.4, 0.5) is 0 Å². The molecule has 0 aromatic carbocycles. The lowest BCUT2D eigenvalue weighted by molar-refractivity contribution is -0.155. The molecule has 1 aromatic rings. The van der Waals surface area contributed by atoms with Crippen LogP contribution in [-0.2, 0) is 27.2 Å². The van der Waals surface area contributed by atoms with E-state index in [1.165, 1.54) is 14.2 Å². The minimum Gasteiger partial charge on any atom is -0.349 e. The number of carbonyl (C=O) groups is 1. The largest absolute Gasteiger partial charge is 0.349 e. The first kappa shape index (κ1) is 11.9. The van der Waals surface area contributed by atoms with Crippen LogP contribution in [0.15, 0.2) is 12.4 Å². The Kier molecular flexibility index (Phi) is 4.45. The van der Waals surface area contributed by atoms with Gasteiger partial charge in [-0.3, -0.25) is 9.48 Å². The smallest absolute Gasteiger partial charge is 0.217 e. The highest BCUT2D eigenvalue weighted by Gasteiger charge is 2.17. The van der Waals surface area contributed by atoms with E-state index in [1.807, 2.05) is 13.1 Å². The number of ketones is 1. The molecule has 15 heavy (non-hydrogen) atoms. The fraction of sp³-hybridized carbons (Fsp3) is 0.600. The summed E-state index contributed by atoms with van der Waals surface area (Å²) >= 11 is 0. The second-order valence-corrected chi connectivity index (χ2v) is 3.15. The predicted molar refractivity (Wildman–Crippen MR) is 54.4 cm³/mol. The molecule has 0 spiro atoms. The molecule has 0 N–H and O–H groups in total. The Morgan fingerprint density at radius 3 is 2.67 bits per heavy atom. The van der Waals surface area contributed by atoms with Gasteiger partial charge < -0.3 is 9.47 Å². The zero-order chi connectivity index (χ0) is 11.3. The first-order valence-corrected chi connectivity index (χ1v) is 4.80. The Morgan fingerprint density at radius 1 is 1.53 bits per heavy atom. The lowest BCUT2D eigenvalue weighted by atomic mass is 10.2. The third-order valence-corrected chi connectivity index (χ3v) is 2.08. The Morgan fingerprint density at radius 2 is 2.20 bits per heavy atom. The number of aryl methyl sites for hydroxylation is 1. The summed E-state index contributed by atoms with van der Waals surface area (Å²) in [5.74, 6) is -0.101. The molecule has 0 aliphatic carbocycles. The van der Waals surface area contributed by atoms with E-state index in [4.69, 9.17) is 9.47 Å². The average molecular weight is 212 g/mol. The number of methoxy groups -OCH3 is 2. The Balaban J connectivity index is 2.57. The first-order valence-electron chi connectivity index (χ1n) is 4.80. The zero-order valence-corrected chi connectivity index (χ0v) is 9.27. The second-order valence-electron chi connectivity index (χ2n) is 3.15. The van der Waals surface area contributed by atoms with Gasteiger partial charge in [-0.15, -0.1) is 0 Å². The van der Waals surface area contributed by atoms with Crippen LogP contribution >= 0.6 is 0 Å². The van der Waals surface area contributed by atoms with Crippen molar-refractivity contribution in [2.75, 3.05) is 14.2 Å². The van der Waals surface area contributed by atoms with Crippen molar-refractivity contribution in [2.24, 2.45) is 0 Å². The van der Waals surface area contributed by atoms with Gasteiger partial charge in [-0.25, -0.2) is 0 Å². The van der Waals surface area contributed by atoms with Crippen molar-refractivity contribution < 1.29 is 14.3 Å². The monoisotopic (exact) mass is 212 g/mol. The van der Waals surface area contributed by atoms with Crippen molar-refractivity contribution in [3.8, 4) is 0 Å². The minimum absolute atomic E-state index is 0.101. The van der Waals surface area contributed by atoms with Gasteiger partial charge in [0.15, 0.2) is 5.78 Å². The molecule has 5 nitrogen and oxygen atoms in total. The molecule has 1 heterocycles. The normalized spacial score (nSPS) is 10.9. The van der Waals surface area contributed by atoms with Crippen molar-refractivity contribution in [2.45, 2.75) is 26.2 Å². The van der Waals surface area contributed by atoms with Crippen molar-refractivity contribution >= 4 is 5.78 Å². The fourth-order valence-electron chi connectivity index (χ4n) is 1.31. The first-order chi connectivity index (χ1) is 7.21. The number of rotatable bonds is 6. The molecule has 0 amide bonds. The highest BCUT2D eigenvalue weighted by Crippen LogP contribution is 2.03. The van der Waals surface area contributed by atoms with Crippen molar-refractivity contribution in [1.29, 1.82) is 0 Å². The SMILES string of the molecule is CCn1cc(CC(=O)C(OC)OC)cn1. The summed E-state index contributed by atoms with van der Waals surface area (Å²) in [5.41, 5.74) is 0.876. The lowest BCUT2D eigenvalue weighted by Gasteiger charge is -2.10. The van der Waals surface area contributed by atoms with Gasteiger partial charge in [0.2, 0.25) is 6.29 Å². The van der Waals surface area contributed by atoms with Crippen LogP contribution in [-0.4, -0.2) is 36.1 Å². The second kappa shape index (κ2) is 5.63. The minimum atomic E-state index is -0.782. The molecule has 1 aromatic heterocycles. The molecule has 0 aliphatic heterocycles. The predicted octanol–water partition coefficient (Wildman–Crippen LogP) is 0.633. The summed E-state index contributed by atoms with van der Waals surface area (Å²) in [6.07, 6.45) is 3.03. The van der Waals surface area contributed by atoms with E-state index in [9.17, 15) is 4.79 Å². The van der Waals surface area contributed by atoms with Gasteiger partial charge in [-0.05, 0) is 12.5 Å². The number of ether oxygens (including phenoxy) is 2. The maximum absolute atomic E-state index is 11.6. The molecule has 0 unspecified atom stereocenters. The molecule has 0 radical (unpaired) electrons. The van der Waals surface area contributed by atoms with E-state index in [1.54, 1.807) is 10.9 Å². The number of hydrogen-bond acceptors (Lipinski definition) is 4. The van der Waals surface area contributed by atoms with Crippen LogP contribution in [0.25, 0.3) is 0 Å². The van der Waals surface area contributed by atoms with Crippen molar-refractivity contribution in [3.05, 3.63) is 18.0 Å². The molecule has 5 heteroatoms. The molecule has 0 saturated carbocycles. The highest BCUT2D eigenvalue weighted by atomic mass is 16.7. The van der Waals surface area contributed by atoms with Crippen LogP contribution < -0.4 is 0 Å². The van der Waals surface area contributed by atoms with Crippen LogP contribution in [0.1, 0.15) is 12.5 Å². The number of aromatic nitrogens is 2. The third kappa shape index (κ3) is 3.14. The average Bonchev–Trinajstić information content (AvgIpc) is 2.67. The van der Waals surface area contributed by atoms with Gasteiger partial charge >= 0.3 is 0 Å². The van der Waals surface area contributed by atoms with Gasteiger partial charge in [0.05, 0.1) is 6.20 Å². The molecule has 0 aliphatic rings. The lowest BCUT2D eigenvalue weighted by Crippen LogP contribution is -2.26. The van der Waals surface area contributed by atoms with Crippen LogP contribution in [0, 0.1) is 0 Å². The molecule has 0 saturated heterocycles. The van der Waals surface area contributed by atoms with Crippen molar-refractivity contribution in [3.63, 3.8) is 0 Å². The molecule has 1 rings (SSSR count). The van der Waals surface area contributed by atoms with Crippen LogP contribution in [0.3, 0.4) is 0 Å². The number of hydrogen-bond donors (Lipinski definition) is 0. The van der Waals surface area contributed by atoms with E-state index < -0.39 is 6.29 Å². The van der Waals surface area contributed by atoms with Crippen LogP contribution in [0.2, 0.25) is 0 Å². The van der Waals surface area contributed by atoms with Gasteiger partial charge in [0.1, 0.15) is 0 Å². The fourth-order valence-corrected chi connectivity index (χ4v) is 1.31. The van der Waals surface area contributed by atoms with E-state index in [-0.39, 0.29) is 12.2 Å². The molecule has 84 valence electrons. The van der Waals surface area contributed by atoms with E-state index in [0.717, 1.165) is 12.1 Å². The van der Waals surface area contributed by atoms with Gasteiger partial charge in [-0.1, -0.05) is 0 Å².